The normalized spacial score (nSPS) is 10.2. The molecule has 0 saturated carbocycles. The fraction of sp³-hybridized carbons (Fsp3) is 0.462. The molecule has 0 fully saturated rings. The molecule has 1 aromatic rings. The van der Waals surface area contributed by atoms with Gasteiger partial charge < -0.3 is 4.74 Å². The first-order chi connectivity index (χ1) is 7.69. The van der Waals surface area contributed by atoms with Crippen molar-refractivity contribution in [2.24, 2.45) is 0 Å². The first-order valence-electron chi connectivity index (χ1n) is 5.64. The molecule has 0 spiro atoms. The summed E-state index contributed by atoms with van der Waals surface area (Å²) in [5, 5.41) is 0. The molecule has 0 unspecified atom stereocenters. The number of unbranched alkanes of at least 4 members (excludes halogenated alkanes) is 1. The Hall–Kier alpha value is -0.580. The maximum atomic E-state index is 11.5. The fourth-order valence-corrected chi connectivity index (χ4v) is 2.24. The maximum Gasteiger partial charge on any atom is 0.338 e. The summed E-state index contributed by atoms with van der Waals surface area (Å²) < 4.78 is 6.11. The van der Waals surface area contributed by atoms with Gasteiger partial charge in [0.05, 0.1) is 12.2 Å². The quantitative estimate of drug-likeness (QED) is 0.605. The number of carbonyl (C=O) groups is 1. The van der Waals surface area contributed by atoms with Crippen LogP contribution in [0.15, 0.2) is 18.2 Å². The molecule has 0 N–H and O–H groups in total. The third-order valence-corrected chi connectivity index (χ3v) is 3.37. The summed E-state index contributed by atoms with van der Waals surface area (Å²) in [6.07, 6.45) is 3.46. The molecule has 0 atom stereocenters. The van der Waals surface area contributed by atoms with Gasteiger partial charge in [0.25, 0.3) is 0 Å². The third kappa shape index (κ3) is 3.77. The van der Waals surface area contributed by atoms with E-state index in [0.29, 0.717) is 12.2 Å². The van der Waals surface area contributed by atoms with Gasteiger partial charge in [0, 0.05) is 3.57 Å². The Morgan fingerprint density at radius 3 is 2.69 bits per heavy atom. The summed E-state index contributed by atoms with van der Waals surface area (Å²) in [5.41, 5.74) is 1.96. The maximum absolute atomic E-state index is 11.5. The molecule has 0 radical (unpaired) electrons. The van der Waals surface area contributed by atoms with E-state index >= 15 is 0 Å². The smallest absolute Gasteiger partial charge is 0.338 e. The highest BCUT2D eigenvalue weighted by Crippen LogP contribution is 2.17. The SMILES string of the molecule is CCCCc1ccc(C(=O)OCC)cc1I. The van der Waals surface area contributed by atoms with Crippen molar-refractivity contribution in [3.8, 4) is 0 Å². The molecular formula is C13H17IO2. The van der Waals surface area contributed by atoms with Crippen LogP contribution in [-0.2, 0) is 11.2 Å². The Bertz CT molecular complexity index is 361. The number of aryl methyl sites for hydroxylation is 1. The van der Waals surface area contributed by atoms with E-state index in [-0.39, 0.29) is 5.97 Å². The number of benzene rings is 1. The summed E-state index contributed by atoms with van der Waals surface area (Å²) in [6.45, 7) is 4.42. The zero-order valence-corrected chi connectivity index (χ0v) is 11.9. The largest absolute Gasteiger partial charge is 0.462 e. The second kappa shape index (κ2) is 6.89. The highest BCUT2D eigenvalue weighted by molar-refractivity contribution is 14.1. The Balaban J connectivity index is 2.78. The molecule has 0 amide bonds. The summed E-state index contributed by atoms with van der Waals surface area (Å²) in [6, 6.07) is 5.79. The minimum Gasteiger partial charge on any atom is -0.462 e. The summed E-state index contributed by atoms with van der Waals surface area (Å²) in [7, 11) is 0. The average Bonchev–Trinajstić information content (AvgIpc) is 2.27. The van der Waals surface area contributed by atoms with Crippen molar-refractivity contribution in [3.05, 3.63) is 32.9 Å². The van der Waals surface area contributed by atoms with E-state index in [1.54, 1.807) is 0 Å². The van der Waals surface area contributed by atoms with Crippen LogP contribution in [0.2, 0.25) is 0 Å². The van der Waals surface area contributed by atoms with E-state index < -0.39 is 0 Å². The van der Waals surface area contributed by atoms with E-state index in [9.17, 15) is 4.79 Å². The fourth-order valence-electron chi connectivity index (χ4n) is 1.46. The number of carbonyl (C=O) groups excluding carboxylic acids is 1. The minimum absolute atomic E-state index is 0.234. The van der Waals surface area contributed by atoms with Gasteiger partial charge in [-0.25, -0.2) is 4.79 Å². The van der Waals surface area contributed by atoms with Crippen molar-refractivity contribution in [3.63, 3.8) is 0 Å². The van der Waals surface area contributed by atoms with Gasteiger partial charge in [0.15, 0.2) is 0 Å². The molecule has 0 aliphatic heterocycles. The van der Waals surface area contributed by atoms with E-state index in [2.05, 4.69) is 29.5 Å². The Labute approximate surface area is 111 Å². The van der Waals surface area contributed by atoms with Crippen molar-refractivity contribution in [2.75, 3.05) is 6.61 Å². The predicted octanol–water partition coefficient (Wildman–Crippen LogP) is 3.81. The molecule has 0 aliphatic carbocycles. The molecule has 16 heavy (non-hydrogen) atoms. The zero-order valence-electron chi connectivity index (χ0n) is 9.75. The van der Waals surface area contributed by atoms with Crippen molar-refractivity contribution >= 4 is 28.6 Å². The Morgan fingerprint density at radius 2 is 2.12 bits per heavy atom. The molecule has 0 heterocycles. The summed E-state index contributed by atoms with van der Waals surface area (Å²) in [4.78, 5) is 11.5. The first-order valence-corrected chi connectivity index (χ1v) is 6.72. The standard InChI is InChI=1S/C13H17IO2/c1-3-5-6-10-7-8-11(9-12(10)14)13(15)16-4-2/h7-9H,3-6H2,1-2H3. The third-order valence-electron chi connectivity index (χ3n) is 2.36. The van der Waals surface area contributed by atoms with Crippen LogP contribution in [0, 0.1) is 3.57 Å². The predicted molar refractivity (Wildman–Crippen MR) is 73.7 cm³/mol. The van der Waals surface area contributed by atoms with Gasteiger partial charge in [0.1, 0.15) is 0 Å². The number of halogens is 1. The van der Waals surface area contributed by atoms with E-state index in [1.165, 1.54) is 18.4 Å². The topological polar surface area (TPSA) is 26.3 Å². The zero-order chi connectivity index (χ0) is 12.0. The van der Waals surface area contributed by atoms with Crippen LogP contribution >= 0.6 is 22.6 Å². The van der Waals surface area contributed by atoms with Crippen molar-refractivity contribution < 1.29 is 9.53 Å². The number of hydrogen-bond donors (Lipinski definition) is 0. The highest BCUT2D eigenvalue weighted by Gasteiger charge is 2.08. The van der Waals surface area contributed by atoms with Gasteiger partial charge in [-0.2, -0.15) is 0 Å². The lowest BCUT2D eigenvalue weighted by Crippen LogP contribution is -2.05. The molecular weight excluding hydrogens is 315 g/mol. The molecule has 0 saturated heterocycles. The molecule has 1 aromatic carbocycles. The van der Waals surface area contributed by atoms with Gasteiger partial charge in [-0.15, -0.1) is 0 Å². The van der Waals surface area contributed by atoms with Gasteiger partial charge in [-0.05, 0) is 60.1 Å². The lowest BCUT2D eigenvalue weighted by Gasteiger charge is -2.06. The molecule has 1 rings (SSSR count). The molecule has 0 aliphatic rings. The van der Waals surface area contributed by atoms with Crippen LogP contribution < -0.4 is 0 Å². The van der Waals surface area contributed by atoms with E-state index in [1.807, 2.05) is 25.1 Å². The van der Waals surface area contributed by atoms with Gasteiger partial charge in [-0.3, -0.25) is 0 Å². The van der Waals surface area contributed by atoms with Gasteiger partial charge in [-0.1, -0.05) is 19.4 Å². The van der Waals surface area contributed by atoms with Crippen LogP contribution in [0.1, 0.15) is 42.6 Å². The van der Waals surface area contributed by atoms with E-state index in [0.717, 1.165) is 9.99 Å². The van der Waals surface area contributed by atoms with Crippen molar-refractivity contribution in [1.29, 1.82) is 0 Å². The molecule has 0 bridgehead atoms. The minimum atomic E-state index is -0.234. The van der Waals surface area contributed by atoms with Crippen LogP contribution in [0.5, 0.6) is 0 Å². The number of ether oxygens (including phenoxy) is 1. The van der Waals surface area contributed by atoms with Crippen LogP contribution in [0.25, 0.3) is 0 Å². The van der Waals surface area contributed by atoms with Crippen LogP contribution in [-0.4, -0.2) is 12.6 Å². The molecule has 0 aromatic heterocycles. The van der Waals surface area contributed by atoms with Crippen molar-refractivity contribution in [2.45, 2.75) is 33.1 Å². The van der Waals surface area contributed by atoms with Crippen LogP contribution in [0.4, 0.5) is 0 Å². The second-order valence-electron chi connectivity index (χ2n) is 3.63. The average molecular weight is 332 g/mol. The first kappa shape index (κ1) is 13.5. The summed E-state index contributed by atoms with van der Waals surface area (Å²) in [5.74, 6) is -0.234. The molecule has 3 heteroatoms. The molecule has 88 valence electrons. The summed E-state index contributed by atoms with van der Waals surface area (Å²) >= 11 is 2.28. The van der Waals surface area contributed by atoms with Crippen molar-refractivity contribution in [1.82, 2.24) is 0 Å². The lowest BCUT2D eigenvalue weighted by molar-refractivity contribution is 0.0526. The van der Waals surface area contributed by atoms with Gasteiger partial charge >= 0.3 is 5.97 Å². The highest BCUT2D eigenvalue weighted by atomic mass is 127. The monoisotopic (exact) mass is 332 g/mol. The number of hydrogen-bond acceptors (Lipinski definition) is 2. The number of rotatable bonds is 5. The molecule has 2 nitrogen and oxygen atoms in total. The Kier molecular flexibility index (Phi) is 5.80. The second-order valence-corrected chi connectivity index (χ2v) is 4.79. The van der Waals surface area contributed by atoms with Crippen LogP contribution in [0.3, 0.4) is 0 Å². The van der Waals surface area contributed by atoms with E-state index in [4.69, 9.17) is 4.74 Å². The Morgan fingerprint density at radius 1 is 1.38 bits per heavy atom. The van der Waals surface area contributed by atoms with Gasteiger partial charge in [0.2, 0.25) is 0 Å². The number of esters is 1. The lowest BCUT2D eigenvalue weighted by atomic mass is 10.1.